The molecule has 1 aliphatic heterocycles. The van der Waals surface area contributed by atoms with Crippen LogP contribution in [0.4, 0.5) is 0 Å². The average molecular weight is 200 g/mol. The summed E-state index contributed by atoms with van der Waals surface area (Å²) in [7, 11) is 1.58. The minimum atomic E-state index is -0.585. The molecule has 0 aliphatic carbocycles. The Morgan fingerprint density at radius 1 is 1.57 bits per heavy atom. The lowest BCUT2D eigenvalue weighted by atomic mass is 10.1. The first-order valence-electron chi connectivity index (χ1n) is 4.66. The number of esters is 1. The summed E-state index contributed by atoms with van der Waals surface area (Å²) in [6.07, 6.45) is 1.04. The van der Waals surface area contributed by atoms with Crippen LogP contribution in [0.15, 0.2) is 12.2 Å². The van der Waals surface area contributed by atoms with Gasteiger partial charge in [-0.3, -0.25) is 0 Å². The molecule has 0 amide bonds. The minimum Gasteiger partial charge on any atom is -0.430 e. The Morgan fingerprint density at radius 2 is 2.29 bits per heavy atom. The molecule has 80 valence electrons. The highest BCUT2D eigenvalue weighted by Gasteiger charge is 2.29. The lowest BCUT2D eigenvalue weighted by Gasteiger charge is -2.29. The smallest absolute Gasteiger partial charge is 0.335 e. The molecular formula is C10H16O4. The van der Waals surface area contributed by atoms with Crippen LogP contribution >= 0.6 is 0 Å². The predicted molar refractivity (Wildman–Crippen MR) is 50.7 cm³/mol. The van der Waals surface area contributed by atoms with Gasteiger partial charge >= 0.3 is 5.97 Å². The molecule has 1 rings (SSSR count). The maximum atomic E-state index is 11.2. The Kier molecular flexibility index (Phi) is 4.10. The van der Waals surface area contributed by atoms with Crippen LogP contribution in [0.25, 0.3) is 0 Å². The molecule has 1 fully saturated rings. The van der Waals surface area contributed by atoms with Gasteiger partial charge in [0.15, 0.2) is 0 Å². The lowest BCUT2D eigenvalue weighted by molar-refractivity contribution is -0.218. The molecule has 0 aromatic carbocycles. The number of ether oxygens (including phenoxy) is 3. The SMILES string of the molecule is C=C(C)C(=O)OC1OCCCC1OC. The zero-order valence-corrected chi connectivity index (χ0v) is 8.62. The van der Waals surface area contributed by atoms with Crippen molar-refractivity contribution in [2.75, 3.05) is 13.7 Å². The van der Waals surface area contributed by atoms with E-state index in [1.54, 1.807) is 14.0 Å². The fraction of sp³-hybridized carbons (Fsp3) is 0.700. The molecule has 0 saturated carbocycles. The molecule has 1 heterocycles. The van der Waals surface area contributed by atoms with Gasteiger partial charge in [0, 0.05) is 12.7 Å². The molecule has 0 bridgehead atoms. The summed E-state index contributed by atoms with van der Waals surface area (Å²) in [5, 5.41) is 0. The van der Waals surface area contributed by atoms with Crippen molar-refractivity contribution in [3.8, 4) is 0 Å². The summed E-state index contributed by atoms with van der Waals surface area (Å²) in [6.45, 7) is 5.71. The van der Waals surface area contributed by atoms with Gasteiger partial charge in [-0.05, 0) is 19.8 Å². The number of hydrogen-bond acceptors (Lipinski definition) is 4. The zero-order valence-electron chi connectivity index (χ0n) is 8.62. The molecule has 14 heavy (non-hydrogen) atoms. The molecule has 0 aromatic rings. The molecule has 4 heteroatoms. The first kappa shape index (κ1) is 11.2. The third-order valence-electron chi connectivity index (χ3n) is 2.09. The molecule has 0 spiro atoms. The molecule has 0 radical (unpaired) electrons. The highest BCUT2D eigenvalue weighted by Crippen LogP contribution is 2.18. The predicted octanol–water partition coefficient (Wildman–Crippen LogP) is 1.26. The van der Waals surface area contributed by atoms with Gasteiger partial charge in [0.2, 0.25) is 6.29 Å². The standard InChI is InChI=1S/C10H16O4/c1-7(2)9(11)14-10-8(12-3)5-4-6-13-10/h8,10H,1,4-6H2,2-3H3. The third kappa shape index (κ3) is 2.82. The molecule has 2 unspecified atom stereocenters. The quantitative estimate of drug-likeness (QED) is 0.508. The first-order valence-corrected chi connectivity index (χ1v) is 4.66. The van der Waals surface area contributed by atoms with Crippen molar-refractivity contribution < 1.29 is 19.0 Å². The van der Waals surface area contributed by atoms with E-state index < -0.39 is 12.3 Å². The summed E-state index contributed by atoms with van der Waals surface area (Å²) >= 11 is 0. The van der Waals surface area contributed by atoms with E-state index >= 15 is 0 Å². The monoisotopic (exact) mass is 200 g/mol. The van der Waals surface area contributed by atoms with E-state index in [2.05, 4.69) is 6.58 Å². The van der Waals surface area contributed by atoms with Crippen molar-refractivity contribution in [3.63, 3.8) is 0 Å². The van der Waals surface area contributed by atoms with E-state index in [0.717, 1.165) is 12.8 Å². The maximum absolute atomic E-state index is 11.2. The lowest BCUT2D eigenvalue weighted by Crippen LogP contribution is -2.39. The van der Waals surface area contributed by atoms with Crippen LogP contribution in [0, 0.1) is 0 Å². The molecule has 1 aliphatic rings. The number of carbonyl (C=O) groups is 1. The Bertz CT molecular complexity index is 224. The molecule has 4 nitrogen and oxygen atoms in total. The Morgan fingerprint density at radius 3 is 2.86 bits per heavy atom. The van der Waals surface area contributed by atoms with Gasteiger partial charge in [0.05, 0.1) is 6.61 Å². The van der Waals surface area contributed by atoms with Crippen LogP contribution in [0.1, 0.15) is 19.8 Å². The number of carbonyl (C=O) groups excluding carboxylic acids is 1. The summed E-state index contributed by atoms with van der Waals surface area (Å²) < 4.78 is 15.5. The molecule has 0 N–H and O–H groups in total. The second-order valence-corrected chi connectivity index (χ2v) is 3.34. The molecule has 1 saturated heterocycles. The summed E-state index contributed by atoms with van der Waals surface area (Å²) in [5.41, 5.74) is 0.369. The van der Waals surface area contributed by atoms with Crippen LogP contribution in [-0.2, 0) is 19.0 Å². The number of rotatable bonds is 3. The minimum absolute atomic E-state index is 0.160. The van der Waals surface area contributed by atoms with Crippen molar-refractivity contribution in [1.82, 2.24) is 0 Å². The summed E-state index contributed by atoms with van der Waals surface area (Å²) in [4.78, 5) is 11.2. The molecule has 0 aromatic heterocycles. The van der Waals surface area contributed by atoms with E-state index in [-0.39, 0.29) is 6.10 Å². The van der Waals surface area contributed by atoms with Crippen molar-refractivity contribution in [2.24, 2.45) is 0 Å². The van der Waals surface area contributed by atoms with E-state index in [4.69, 9.17) is 14.2 Å². The van der Waals surface area contributed by atoms with Crippen LogP contribution in [0.2, 0.25) is 0 Å². The molecular weight excluding hydrogens is 184 g/mol. The number of hydrogen-bond donors (Lipinski definition) is 0. The Hall–Kier alpha value is -0.870. The maximum Gasteiger partial charge on any atom is 0.335 e. The van der Waals surface area contributed by atoms with Crippen molar-refractivity contribution >= 4 is 5.97 Å². The molecule has 2 atom stereocenters. The summed E-state index contributed by atoms with van der Waals surface area (Å²) in [5.74, 6) is -0.432. The second kappa shape index (κ2) is 5.12. The average Bonchev–Trinajstić information content (AvgIpc) is 2.18. The van der Waals surface area contributed by atoms with Gasteiger partial charge in [-0.25, -0.2) is 4.79 Å². The van der Waals surface area contributed by atoms with Crippen LogP contribution < -0.4 is 0 Å². The van der Waals surface area contributed by atoms with Crippen LogP contribution in [0.3, 0.4) is 0 Å². The van der Waals surface area contributed by atoms with Gasteiger partial charge in [0.1, 0.15) is 6.10 Å². The van der Waals surface area contributed by atoms with Gasteiger partial charge in [0.25, 0.3) is 0 Å². The normalized spacial score (nSPS) is 27.0. The van der Waals surface area contributed by atoms with Crippen molar-refractivity contribution in [3.05, 3.63) is 12.2 Å². The van der Waals surface area contributed by atoms with Crippen molar-refractivity contribution in [1.29, 1.82) is 0 Å². The topological polar surface area (TPSA) is 44.8 Å². The van der Waals surface area contributed by atoms with E-state index in [9.17, 15) is 4.79 Å². The van der Waals surface area contributed by atoms with Gasteiger partial charge in [-0.2, -0.15) is 0 Å². The first-order chi connectivity index (χ1) is 6.65. The van der Waals surface area contributed by atoms with Gasteiger partial charge in [-0.15, -0.1) is 0 Å². The Balaban J connectivity index is 2.48. The third-order valence-corrected chi connectivity index (χ3v) is 2.09. The van der Waals surface area contributed by atoms with E-state index in [0.29, 0.717) is 12.2 Å². The Labute approximate surface area is 83.8 Å². The van der Waals surface area contributed by atoms with Gasteiger partial charge < -0.3 is 14.2 Å². The second-order valence-electron chi connectivity index (χ2n) is 3.34. The fourth-order valence-corrected chi connectivity index (χ4v) is 1.27. The summed E-state index contributed by atoms with van der Waals surface area (Å²) in [6, 6.07) is 0. The largest absolute Gasteiger partial charge is 0.430 e. The number of methoxy groups -OCH3 is 1. The van der Waals surface area contributed by atoms with E-state index in [1.165, 1.54) is 0 Å². The van der Waals surface area contributed by atoms with Crippen LogP contribution in [0.5, 0.6) is 0 Å². The van der Waals surface area contributed by atoms with Crippen molar-refractivity contribution in [2.45, 2.75) is 32.2 Å². The van der Waals surface area contributed by atoms with Crippen LogP contribution in [-0.4, -0.2) is 32.1 Å². The highest BCUT2D eigenvalue weighted by atomic mass is 16.7. The zero-order chi connectivity index (χ0) is 10.6. The fourth-order valence-electron chi connectivity index (χ4n) is 1.27. The highest BCUT2D eigenvalue weighted by molar-refractivity contribution is 5.87. The van der Waals surface area contributed by atoms with E-state index in [1.807, 2.05) is 0 Å². The van der Waals surface area contributed by atoms with Gasteiger partial charge in [-0.1, -0.05) is 6.58 Å².